The molecule has 0 bridgehead atoms. The highest BCUT2D eigenvalue weighted by Crippen LogP contribution is 2.31. The monoisotopic (exact) mass is 290 g/mol. The van der Waals surface area contributed by atoms with Gasteiger partial charge in [-0.25, -0.2) is 4.68 Å². The van der Waals surface area contributed by atoms with Crippen molar-refractivity contribution in [2.24, 2.45) is 5.92 Å². The third-order valence-electron chi connectivity index (χ3n) is 4.72. The summed E-state index contributed by atoms with van der Waals surface area (Å²) in [6.45, 7) is 4.84. The Kier molecular flexibility index (Phi) is 4.58. The van der Waals surface area contributed by atoms with E-state index in [9.17, 15) is 4.79 Å². The van der Waals surface area contributed by atoms with Gasteiger partial charge in [0.2, 0.25) is 5.91 Å². The van der Waals surface area contributed by atoms with Crippen LogP contribution in [0.2, 0.25) is 0 Å². The van der Waals surface area contributed by atoms with Gasteiger partial charge in [-0.15, -0.1) is 0 Å². The second-order valence-electron chi connectivity index (χ2n) is 6.63. The Balaban J connectivity index is 1.56. The summed E-state index contributed by atoms with van der Waals surface area (Å²) in [6, 6.07) is 2.38. The molecular formula is C16H26N4O. The predicted octanol–water partition coefficient (Wildman–Crippen LogP) is 2.67. The maximum atomic E-state index is 12.3. The van der Waals surface area contributed by atoms with Gasteiger partial charge >= 0.3 is 0 Å². The van der Waals surface area contributed by atoms with Crippen LogP contribution in [0.3, 0.4) is 0 Å². The van der Waals surface area contributed by atoms with Gasteiger partial charge in [-0.05, 0) is 38.1 Å². The summed E-state index contributed by atoms with van der Waals surface area (Å²) >= 11 is 0. The molecule has 0 aromatic carbocycles. The Morgan fingerprint density at radius 1 is 1.33 bits per heavy atom. The van der Waals surface area contributed by atoms with Crippen LogP contribution in [0, 0.1) is 5.92 Å². The van der Waals surface area contributed by atoms with Crippen LogP contribution in [0.5, 0.6) is 0 Å². The summed E-state index contributed by atoms with van der Waals surface area (Å²) < 4.78 is 2.00. The number of rotatable bonds is 4. The minimum absolute atomic E-state index is 0.0869. The van der Waals surface area contributed by atoms with Crippen LogP contribution < -0.4 is 5.32 Å². The molecular weight excluding hydrogens is 264 g/mol. The fraction of sp³-hybridized carbons (Fsp3) is 0.750. The molecule has 0 spiro atoms. The number of aromatic nitrogens is 2. The number of hydrogen-bond donors (Lipinski definition) is 1. The lowest BCUT2D eigenvalue weighted by atomic mass is 10.0. The lowest BCUT2D eigenvalue weighted by Gasteiger charge is -2.30. The van der Waals surface area contributed by atoms with Gasteiger partial charge in [0.1, 0.15) is 5.82 Å². The van der Waals surface area contributed by atoms with Gasteiger partial charge in [-0.1, -0.05) is 19.8 Å². The van der Waals surface area contributed by atoms with E-state index in [4.69, 9.17) is 0 Å². The summed E-state index contributed by atoms with van der Waals surface area (Å²) in [6.07, 6.45) is 9.16. The lowest BCUT2D eigenvalue weighted by Crippen LogP contribution is -2.40. The third kappa shape index (κ3) is 3.64. The van der Waals surface area contributed by atoms with Crippen molar-refractivity contribution >= 4 is 11.7 Å². The number of carbonyl (C=O) groups excluding carboxylic acids is 1. The van der Waals surface area contributed by atoms with E-state index < -0.39 is 0 Å². The number of amides is 1. The van der Waals surface area contributed by atoms with Crippen LogP contribution in [0.1, 0.15) is 51.5 Å². The average Bonchev–Trinajstić information content (AvgIpc) is 3.08. The molecule has 21 heavy (non-hydrogen) atoms. The molecule has 0 radical (unpaired) electrons. The van der Waals surface area contributed by atoms with Crippen LogP contribution in [-0.4, -0.2) is 40.2 Å². The molecule has 1 aliphatic carbocycles. The topological polar surface area (TPSA) is 50.2 Å². The van der Waals surface area contributed by atoms with Gasteiger partial charge in [-0.2, -0.15) is 5.10 Å². The average molecular weight is 290 g/mol. The van der Waals surface area contributed by atoms with Gasteiger partial charge in [0.05, 0.1) is 18.8 Å². The van der Waals surface area contributed by atoms with Crippen LogP contribution in [0.25, 0.3) is 0 Å². The Morgan fingerprint density at radius 2 is 2.14 bits per heavy atom. The zero-order valence-corrected chi connectivity index (χ0v) is 12.9. The number of anilines is 1. The molecule has 0 unspecified atom stereocenters. The van der Waals surface area contributed by atoms with Crippen LogP contribution in [0.4, 0.5) is 5.82 Å². The first kappa shape index (κ1) is 14.6. The molecule has 2 fully saturated rings. The van der Waals surface area contributed by atoms with Gasteiger partial charge < -0.3 is 5.32 Å². The first-order chi connectivity index (χ1) is 10.2. The van der Waals surface area contributed by atoms with Gasteiger partial charge in [0.25, 0.3) is 0 Å². The van der Waals surface area contributed by atoms with E-state index in [2.05, 4.69) is 22.2 Å². The van der Waals surface area contributed by atoms with E-state index >= 15 is 0 Å². The molecule has 116 valence electrons. The molecule has 1 amide bonds. The van der Waals surface area contributed by atoms with Crippen LogP contribution >= 0.6 is 0 Å². The van der Waals surface area contributed by atoms with E-state index in [1.807, 2.05) is 10.7 Å². The standard InChI is InChI=1S/C16H26N4O/c1-13-5-4-10-19(11-13)12-16(21)18-15-8-9-17-20(15)14-6-2-3-7-14/h8-9,13-14H,2-7,10-12H2,1H3,(H,18,21)/t13-/m0/s1. The number of hydrogen-bond acceptors (Lipinski definition) is 3. The number of likely N-dealkylation sites (tertiary alicyclic amines) is 1. The van der Waals surface area contributed by atoms with Gasteiger partial charge in [-0.3, -0.25) is 9.69 Å². The molecule has 3 rings (SSSR count). The smallest absolute Gasteiger partial charge is 0.239 e. The molecule has 5 nitrogen and oxygen atoms in total. The van der Waals surface area contributed by atoms with Crippen molar-refractivity contribution in [2.45, 2.75) is 51.5 Å². The number of carbonyl (C=O) groups is 1. The third-order valence-corrected chi connectivity index (χ3v) is 4.72. The predicted molar refractivity (Wildman–Crippen MR) is 83.2 cm³/mol. The quantitative estimate of drug-likeness (QED) is 0.927. The van der Waals surface area contributed by atoms with E-state index in [1.165, 1.54) is 38.5 Å². The molecule has 2 aliphatic rings. The van der Waals surface area contributed by atoms with E-state index in [1.54, 1.807) is 6.20 Å². The fourth-order valence-electron chi connectivity index (χ4n) is 3.67. The Morgan fingerprint density at radius 3 is 2.90 bits per heavy atom. The van der Waals surface area contributed by atoms with Crippen LogP contribution in [-0.2, 0) is 4.79 Å². The molecule has 2 heterocycles. The SMILES string of the molecule is C[C@H]1CCCN(CC(=O)Nc2ccnn2C2CCCC2)C1. The fourth-order valence-corrected chi connectivity index (χ4v) is 3.67. The minimum Gasteiger partial charge on any atom is -0.310 e. The van der Waals surface area contributed by atoms with Crippen molar-refractivity contribution < 1.29 is 4.79 Å². The maximum Gasteiger partial charge on any atom is 0.239 e. The van der Waals surface area contributed by atoms with E-state index in [0.29, 0.717) is 18.5 Å². The van der Waals surface area contributed by atoms with E-state index in [-0.39, 0.29) is 5.91 Å². The number of piperidine rings is 1. The normalized spacial score (nSPS) is 24.3. The zero-order valence-electron chi connectivity index (χ0n) is 12.9. The minimum atomic E-state index is 0.0869. The van der Waals surface area contributed by atoms with Gasteiger partial charge in [0.15, 0.2) is 0 Å². The van der Waals surface area contributed by atoms with Crippen molar-refractivity contribution in [1.29, 1.82) is 0 Å². The first-order valence-corrected chi connectivity index (χ1v) is 8.28. The Labute approximate surface area is 126 Å². The molecule has 1 atom stereocenters. The summed E-state index contributed by atoms with van der Waals surface area (Å²) in [5, 5.41) is 7.45. The largest absolute Gasteiger partial charge is 0.310 e. The van der Waals surface area contributed by atoms with Crippen molar-refractivity contribution in [3.63, 3.8) is 0 Å². The van der Waals surface area contributed by atoms with Gasteiger partial charge in [0, 0.05) is 12.6 Å². The molecule has 1 saturated carbocycles. The zero-order chi connectivity index (χ0) is 14.7. The molecule has 5 heteroatoms. The van der Waals surface area contributed by atoms with Crippen molar-refractivity contribution in [1.82, 2.24) is 14.7 Å². The summed E-state index contributed by atoms with van der Waals surface area (Å²) in [5.74, 6) is 1.65. The first-order valence-electron chi connectivity index (χ1n) is 8.28. The van der Waals surface area contributed by atoms with Crippen molar-refractivity contribution in [3.05, 3.63) is 12.3 Å². The second-order valence-corrected chi connectivity index (χ2v) is 6.63. The van der Waals surface area contributed by atoms with Crippen LogP contribution in [0.15, 0.2) is 12.3 Å². The van der Waals surface area contributed by atoms with E-state index in [0.717, 1.165) is 18.9 Å². The lowest BCUT2D eigenvalue weighted by molar-refractivity contribution is -0.117. The molecule has 1 saturated heterocycles. The highest BCUT2D eigenvalue weighted by molar-refractivity contribution is 5.91. The highest BCUT2D eigenvalue weighted by atomic mass is 16.2. The second kappa shape index (κ2) is 6.60. The van der Waals surface area contributed by atoms with Crippen molar-refractivity contribution in [3.8, 4) is 0 Å². The highest BCUT2D eigenvalue weighted by Gasteiger charge is 2.22. The molecule has 1 aromatic rings. The molecule has 1 aliphatic heterocycles. The Bertz CT molecular complexity index is 478. The molecule has 1 aromatic heterocycles. The Hall–Kier alpha value is -1.36. The number of nitrogens with one attached hydrogen (secondary N) is 1. The molecule has 1 N–H and O–H groups in total. The summed E-state index contributed by atoms with van der Waals surface area (Å²) in [4.78, 5) is 14.5. The maximum absolute atomic E-state index is 12.3. The number of nitrogens with zero attached hydrogens (tertiary/aromatic N) is 3. The van der Waals surface area contributed by atoms with Crippen molar-refractivity contribution in [2.75, 3.05) is 25.0 Å². The summed E-state index contributed by atoms with van der Waals surface area (Å²) in [5.41, 5.74) is 0. The summed E-state index contributed by atoms with van der Waals surface area (Å²) in [7, 11) is 0.